The summed E-state index contributed by atoms with van der Waals surface area (Å²) in [6.45, 7) is -0.0440. The Kier molecular flexibility index (Phi) is 13.0. The number of ether oxygens (including phenoxy) is 9. The quantitative estimate of drug-likeness (QED) is 0.170. The normalized spacial score (nSPS) is 11.5. The minimum atomic E-state index is -0.879. The lowest BCUT2D eigenvalue weighted by atomic mass is 10.1. The van der Waals surface area contributed by atoms with Crippen molar-refractivity contribution < 1.29 is 52.2 Å². The largest absolute Gasteiger partial charge is 0.493 e. The first-order valence-electron chi connectivity index (χ1n) is 13.9. The van der Waals surface area contributed by atoms with Crippen molar-refractivity contribution >= 4 is 24.0 Å². The zero-order valence-electron chi connectivity index (χ0n) is 27.1. The monoisotopic (exact) mass is 637 g/mol. The van der Waals surface area contributed by atoms with E-state index in [1.165, 1.54) is 69.0 Å². The number of benzene rings is 3. The van der Waals surface area contributed by atoms with E-state index in [0.717, 1.165) is 0 Å². The molecule has 0 aromatic heterocycles. The molecule has 3 aromatic carbocycles. The molecular formula is C34H39NO11. The number of amides is 1. The van der Waals surface area contributed by atoms with Crippen molar-refractivity contribution in [2.45, 2.75) is 6.10 Å². The van der Waals surface area contributed by atoms with Crippen molar-refractivity contribution in [3.8, 4) is 46.0 Å². The average Bonchev–Trinajstić information content (AvgIpc) is 3.09. The summed E-state index contributed by atoms with van der Waals surface area (Å²) in [5.74, 6) is 2.46. The Bertz CT molecular complexity index is 1510. The Labute approximate surface area is 268 Å². The number of hydrogen-bond acceptors (Lipinski definition) is 11. The second-order valence-electron chi connectivity index (χ2n) is 9.37. The fourth-order valence-electron chi connectivity index (χ4n) is 4.44. The van der Waals surface area contributed by atoms with Crippen molar-refractivity contribution in [2.75, 3.05) is 63.4 Å². The lowest BCUT2D eigenvalue weighted by Gasteiger charge is -2.19. The lowest BCUT2D eigenvalue weighted by molar-refractivity contribution is -0.143. The van der Waals surface area contributed by atoms with E-state index in [-0.39, 0.29) is 6.54 Å². The molecule has 0 radical (unpaired) electrons. The summed E-state index contributed by atoms with van der Waals surface area (Å²) in [6, 6.07) is 11.9. The molecule has 0 fully saturated rings. The van der Waals surface area contributed by atoms with Crippen LogP contribution in [0, 0.1) is 0 Å². The first kappa shape index (κ1) is 35.0. The molecule has 3 rings (SSSR count). The average molecular weight is 638 g/mol. The van der Waals surface area contributed by atoms with Crippen LogP contribution in [-0.2, 0) is 14.3 Å². The summed E-state index contributed by atoms with van der Waals surface area (Å²) in [5.41, 5.74) is 1.82. The SMILES string of the molecule is COc1ccc([C@H](CNC(=O)/C=C/c2cc(OC)c(OC)c(OC)c2)OC(=O)/C=C/c2cc(OC)c(OC)c(OC)c2)cc1OC. The summed E-state index contributed by atoms with van der Waals surface area (Å²) in [6.07, 6.45) is 4.88. The molecule has 3 aromatic rings. The second-order valence-corrected chi connectivity index (χ2v) is 9.37. The predicted octanol–water partition coefficient (Wildman–Crippen LogP) is 4.88. The van der Waals surface area contributed by atoms with Crippen LogP contribution in [0.25, 0.3) is 12.2 Å². The third-order valence-corrected chi connectivity index (χ3v) is 6.71. The highest BCUT2D eigenvalue weighted by molar-refractivity contribution is 5.92. The van der Waals surface area contributed by atoms with Crippen LogP contribution in [0.2, 0.25) is 0 Å². The van der Waals surface area contributed by atoms with E-state index in [0.29, 0.717) is 62.7 Å². The number of carbonyl (C=O) groups excluding carboxylic acids is 2. The van der Waals surface area contributed by atoms with Gasteiger partial charge in [-0.3, -0.25) is 4.79 Å². The number of hydrogen-bond donors (Lipinski definition) is 1. The Hall–Kier alpha value is -5.52. The van der Waals surface area contributed by atoms with Crippen LogP contribution in [0.5, 0.6) is 46.0 Å². The minimum Gasteiger partial charge on any atom is -0.493 e. The van der Waals surface area contributed by atoms with E-state index < -0.39 is 18.0 Å². The standard InChI is InChI=1S/C34H39NO11/c1-38-24-12-11-23(19-25(24)39-2)30(46-32(37)14-10-22-17-28(42-5)34(45-8)29(18-22)43-6)20-35-31(36)13-9-21-15-26(40-3)33(44-7)27(16-21)41-4/h9-19,30H,20H2,1-8H3,(H,35,36)/b13-9+,14-10+/t30-/m0/s1. The maximum absolute atomic E-state index is 13.0. The molecule has 0 bridgehead atoms. The highest BCUT2D eigenvalue weighted by Gasteiger charge is 2.20. The number of esters is 1. The second kappa shape index (κ2) is 17.1. The van der Waals surface area contributed by atoms with Crippen molar-refractivity contribution in [1.29, 1.82) is 0 Å². The molecular weight excluding hydrogens is 598 g/mol. The molecule has 0 spiro atoms. The van der Waals surface area contributed by atoms with E-state index in [4.69, 9.17) is 42.6 Å². The molecule has 246 valence electrons. The summed E-state index contributed by atoms with van der Waals surface area (Å²) >= 11 is 0. The number of methoxy groups -OCH3 is 8. The van der Waals surface area contributed by atoms with Crippen LogP contribution in [0.4, 0.5) is 0 Å². The number of nitrogens with one attached hydrogen (secondary N) is 1. The topological polar surface area (TPSA) is 129 Å². The van der Waals surface area contributed by atoms with E-state index in [9.17, 15) is 9.59 Å². The van der Waals surface area contributed by atoms with E-state index in [1.807, 2.05) is 0 Å². The summed E-state index contributed by atoms with van der Waals surface area (Å²) in [4.78, 5) is 25.9. The maximum atomic E-state index is 13.0. The Morgan fingerprint density at radius 2 is 1.04 bits per heavy atom. The van der Waals surface area contributed by atoms with Gasteiger partial charge in [0.25, 0.3) is 0 Å². The van der Waals surface area contributed by atoms with Crippen LogP contribution in [-0.4, -0.2) is 75.3 Å². The molecule has 0 aliphatic carbocycles. The molecule has 12 heteroatoms. The van der Waals surface area contributed by atoms with Gasteiger partial charge in [0.15, 0.2) is 34.5 Å². The maximum Gasteiger partial charge on any atom is 0.331 e. The van der Waals surface area contributed by atoms with E-state index in [2.05, 4.69) is 5.32 Å². The molecule has 1 amide bonds. The fraction of sp³-hybridized carbons (Fsp3) is 0.294. The van der Waals surface area contributed by atoms with Crippen LogP contribution in [0.1, 0.15) is 22.8 Å². The highest BCUT2D eigenvalue weighted by Crippen LogP contribution is 2.39. The highest BCUT2D eigenvalue weighted by atomic mass is 16.5. The predicted molar refractivity (Wildman–Crippen MR) is 172 cm³/mol. The van der Waals surface area contributed by atoms with Gasteiger partial charge in [0.1, 0.15) is 6.10 Å². The Balaban J connectivity index is 1.82. The van der Waals surface area contributed by atoms with Gasteiger partial charge in [-0.15, -0.1) is 0 Å². The van der Waals surface area contributed by atoms with Crippen LogP contribution < -0.4 is 43.2 Å². The molecule has 12 nitrogen and oxygen atoms in total. The molecule has 0 unspecified atom stereocenters. The van der Waals surface area contributed by atoms with Gasteiger partial charge >= 0.3 is 5.97 Å². The summed E-state index contributed by atoms with van der Waals surface area (Å²) < 4.78 is 48.8. The smallest absolute Gasteiger partial charge is 0.331 e. The first-order valence-corrected chi connectivity index (χ1v) is 13.9. The third kappa shape index (κ3) is 8.78. The van der Waals surface area contributed by atoms with Crippen molar-refractivity contribution in [2.24, 2.45) is 0 Å². The Morgan fingerprint density at radius 1 is 0.587 bits per heavy atom. The van der Waals surface area contributed by atoms with Crippen molar-refractivity contribution in [3.05, 3.63) is 71.3 Å². The Morgan fingerprint density at radius 3 is 1.48 bits per heavy atom. The molecule has 0 aliphatic rings. The van der Waals surface area contributed by atoms with Gasteiger partial charge in [-0.1, -0.05) is 6.07 Å². The molecule has 46 heavy (non-hydrogen) atoms. The molecule has 1 N–H and O–H groups in total. The van der Waals surface area contributed by atoms with Gasteiger partial charge in [0, 0.05) is 12.2 Å². The molecule has 0 saturated heterocycles. The van der Waals surface area contributed by atoms with Crippen LogP contribution in [0.3, 0.4) is 0 Å². The zero-order chi connectivity index (χ0) is 33.6. The molecule has 1 atom stereocenters. The molecule has 0 aliphatic heterocycles. The van der Waals surface area contributed by atoms with E-state index >= 15 is 0 Å². The fourth-order valence-corrected chi connectivity index (χ4v) is 4.44. The zero-order valence-corrected chi connectivity index (χ0v) is 27.1. The lowest BCUT2D eigenvalue weighted by Crippen LogP contribution is -2.29. The van der Waals surface area contributed by atoms with Gasteiger partial charge in [-0.05, 0) is 65.2 Å². The minimum absolute atomic E-state index is 0.0440. The summed E-state index contributed by atoms with van der Waals surface area (Å²) in [7, 11) is 12.0. The number of rotatable bonds is 16. The first-order chi connectivity index (χ1) is 22.2. The van der Waals surface area contributed by atoms with Gasteiger partial charge in [-0.2, -0.15) is 0 Å². The third-order valence-electron chi connectivity index (χ3n) is 6.71. The van der Waals surface area contributed by atoms with Gasteiger partial charge < -0.3 is 47.9 Å². The van der Waals surface area contributed by atoms with Crippen molar-refractivity contribution in [1.82, 2.24) is 5.32 Å². The number of carbonyl (C=O) groups is 2. The molecule has 0 saturated carbocycles. The van der Waals surface area contributed by atoms with Crippen molar-refractivity contribution in [3.63, 3.8) is 0 Å². The van der Waals surface area contributed by atoms with E-state index in [1.54, 1.807) is 54.6 Å². The van der Waals surface area contributed by atoms with Crippen LogP contribution >= 0.6 is 0 Å². The van der Waals surface area contributed by atoms with Crippen LogP contribution in [0.15, 0.2) is 54.6 Å². The molecule has 0 heterocycles. The van der Waals surface area contributed by atoms with Gasteiger partial charge in [0.2, 0.25) is 17.4 Å². The van der Waals surface area contributed by atoms with Gasteiger partial charge in [0.05, 0.1) is 63.4 Å². The summed E-state index contributed by atoms with van der Waals surface area (Å²) in [5, 5.41) is 2.79. The van der Waals surface area contributed by atoms with Gasteiger partial charge in [-0.25, -0.2) is 4.79 Å².